The molecular formula is C14H20O2. The molecule has 1 fully saturated rings. The predicted molar refractivity (Wildman–Crippen MR) is 62.4 cm³/mol. The summed E-state index contributed by atoms with van der Waals surface area (Å²) in [4.78, 5) is 0. The highest BCUT2D eigenvalue weighted by atomic mass is 16.3. The third kappa shape index (κ3) is 1.22. The first-order valence-electron chi connectivity index (χ1n) is 6.36. The summed E-state index contributed by atoms with van der Waals surface area (Å²) in [6, 6.07) is 2.09. The normalized spacial score (nSPS) is 36.8. The lowest BCUT2D eigenvalue weighted by Crippen LogP contribution is -2.33. The molecule has 1 saturated carbocycles. The molecule has 16 heavy (non-hydrogen) atoms. The molecule has 0 radical (unpaired) electrons. The van der Waals surface area contributed by atoms with Gasteiger partial charge < -0.3 is 9.52 Å². The lowest BCUT2D eigenvalue weighted by atomic mass is 9.76. The molecule has 2 heteroatoms. The molecule has 3 atom stereocenters. The van der Waals surface area contributed by atoms with Crippen LogP contribution in [0, 0.1) is 5.92 Å². The lowest BCUT2D eigenvalue weighted by Gasteiger charge is -2.33. The molecule has 2 bridgehead atoms. The summed E-state index contributed by atoms with van der Waals surface area (Å²) in [6.07, 6.45) is 3.42. The van der Waals surface area contributed by atoms with Gasteiger partial charge in [0.2, 0.25) is 0 Å². The first-order valence-corrected chi connectivity index (χ1v) is 6.36. The van der Waals surface area contributed by atoms with Gasteiger partial charge in [-0.15, -0.1) is 0 Å². The van der Waals surface area contributed by atoms with E-state index in [1.807, 2.05) is 6.92 Å². The largest absolute Gasteiger partial charge is 0.465 e. The first-order chi connectivity index (χ1) is 7.50. The van der Waals surface area contributed by atoms with Gasteiger partial charge in [0.1, 0.15) is 11.5 Å². The van der Waals surface area contributed by atoms with Crippen molar-refractivity contribution in [3.63, 3.8) is 0 Å². The van der Waals surface area contributed by atoms with Gasteiger partial charge in [-0.2, -0.15) is 0 Å². The highest BCUT2D eigenvalue weighted by Gasteiger charge is 2.48. The monoisotopic (exact) mass is 220 g/mol. The molecule has 1 N–H and O–H groups in total. The molecule has 0 spiro atoms. The Morgan fingerprint density at radius 2 is 2.19 bits per heavy atom. The van der Waals surface area contributed by atoms with Gasteiger partial charge >= 0.3 is 0 Å². The number of hydrogen-bond donors (Lipinski definition) is 1. The molecule has 0 aromatic carbocycles. The molecule has 0 amide bonds. The molecule has 2 aliphatic rings. The van der Waals surface area contributed by atoms with E-state index in [0.29, 0.717) is 17.8 Å². The van der Waals surface area contributed by atoms with Crippen molar-refractivity contribution in [1.82, 2.24) is 0 Å². The highest BCUT2D eigenvalue weighted by Crippen LogP contribution is 2.55. The Kier molecular flexibility index (Phi) is 2.03. The van der Waals surface area contributed by atoms with Crippen LogP contribution >= 0.6 is 0 Å². The Morgan fingerprint density at radius 3 is 2.88 bits per heavy atom. The lowest BCUT2D eigenvalue weighted by molar-refractivity contribution is -0.0115. The number of hydrogen-bond acceptors (Lipinski definition) is 2. The van der Waals surface area contributed by atoms with Gasteiger partial charge in [-0.3, -0.25) is 0 Å². The van der Waals surface area contributed by atoms with Crippen molar-refractivity contribution in [1.29, 1.82) is 0 Å². The van der Waals surface area contributed by atoms with E-state index in [4.69, 9.17) is 4.42 Å². The van der Waals surface area contributed by atoms with Crippen LogP contribution < -0.4 is 0 Å². The quantitative estimate of drug-likeness (QED) is 0.785. The Balaban J connectivity index is 2.13. The van der Waals surface area contributed by atoms with Crippen molar-refractivity contribution in [3.8, 4) is 0 Å². The topological polar surface area (TPSA) is 33.4 Å². The van der Waals surface area contributed by atoms with E-state index in [9.17, 15) is 5.11 Å². The number of fused-ring (bicyclic) bond motifs is 4. The summed E-state index contributed by atoms with van der Waals surface area (Å²) >= 11 is 0. The second-order valence-electron chi connectivity index (χ2n) is 5.94. The van der Waals surface area contributed by atoms with Gasteiger partial charge in [0.25, 0.3) is 0 Å². The molecule has 1 heterocycles. The molecule has 1 aromatic heterocycles. The Morgan fingerprint density at radius 1 is 1.44 bits per heavy atom. The van der Waals surface area contributed by atoms with Gasteiger partial charge in [0.15, 0.2) is 0 Å². The van der Waals surface area contributed by atoms with Crippen LogP contribution in [0.15, 0.2) is 10.5 Å². The SMILES string of the molecule is CC(C)c1cc2c(o1)C1CCC(C1)C2(C)O. The van der Waals surface area contributed by atoms with E-state index in [0.717, 1.165) is 29.9 Å². The van der Waals surface area contributed by atoms with Crippen LogP contribution in [0.1, 0.15) is 69.0 Å². The fourth-order valence-electron chi connectivity index (χ4n) is 3.36. The maximum absolute atomic E-state index is 10.6. The number of furan rings is 1. The van der Waals surface area contributed by atoms with E-state index < -0.39 is 5.60 Å². The average molecular weight is 220 g/mol. The van der Waals surface area contributed by atoms with E-state index in [2.05, 4.69) is 19.9 Å². The first kappa shape index (κ1) is 10.4. The van der Waals surface area contributed by atoms with Gasteiger partial charge in [-0.1, -0.05) is 13.8 Å². The van der Waals surface area contributed by atoms with Crippen LogP contribution in [0.25, 0.3) is 0 Å². The maximum atomic E-state index is 10.6. The van der Waals surface area contributed by atoms with Crippen molar-refractivity contribution >= 4 is 0 Å². The highest BCUT2D eigenvalue weighted by molar-refractivity contribution is 5.36. The van der Waals surface area contributed by atoms with Gasteiger partial charge in [0, 0.05) is 17.4 Å². The van der Waals surface area contributed by atoms with Crippen molar-refractivity contribution in [2.45, 2.75) is 57.5 Å². The fraction of sp³-hybridized carbons (Fsp3) is 0.714. The van der Waals surface area contributed by atoms with Crippen LogP contribution in [0.5, 0.6) is 0 Å². The van der Waals surface area contributed by atoms with Crippen LogP contribution in [0.2, 0.25) is 0 Å². The zero-order valence-electron chi connectivity index (χ0n) is 10.3. The minimum absolute atomic E-state index is 0.403. The zero-order chi connectivity index (χ0) is 11.5. The number of rotatable bonds is 1. The Bertz CT molecular complexity index is 414. The van der Waals surface area contributed by atoms with Crippen LogP contribution in [0.4, 0.5) is 0 Å². The van der Waals surface area contributed by atoms with Gasteiger partial charge in [-0.05, 0) is 38.2 Å². The van der Waals surface area contributed by atoms with Crippen LogP contribution in [-0.2, 0) is 5.60 Å². The molecule has 0 aliphatic heterocycles. The smallest absolute Gasteiger partial charge is 0.113 e. The van der Waals surface area contributed by atoms with Gasteiger partial charge in [-0.25, -0.2) is 0 Å². The van der Waals surface area contributed by atoms with Gasteiger partial charge in [0.05, 0.1) is 5.60 Å². The minimum Gasteiger partial charge on any atom is -0.465 e. The molecule has 1 aromatic rings. The van der Waals surface area contributed by atoms with Crippen molar-refractivity contribution in [2.75, 3.05) is 0 Å². The minimum atomic E-state index is -0.668. The van der Waals surface area contributed by atoms with E-state index >= 15 is 0 Å². The molecule has 2 nitrogen and oxygen atoms in total. The molecule has 3 rings (SSSR count). The number of aliphatic hydroxyl groups is 1. The predicted octanol–water partition coefficient (Wildman–Crippen LogP) is 3.51. The molecule has 2 aliphatic carbocycles. The summed E-state index contributed by atoms with van der Waals surface area (Å²) < 4.78 is 5.97. The Labute approximate surface area is 96.7 Å². The van der Waals surface area contributed by atoms with Crippen molar-refractivity contribution in [2.24, 2.45) is 5.92 Å². The summed E-state index contributed by atoms with van der Waals surface area (Å²) in [5, 5.41) is 10.6. The second-order valence-corrected chi connectivity index (χ2v) is 5.94. The Hall–Kier alpha value is -0.760. The van der Waals surface area contributed by atoms with E-state index in [1.165, 1.54) is 6.42 Å². The van der Waals surface area contributed by atoms with Crippen LogP contribution in [-0.4, -0.2) is 5.11 Å². The third-order valence-electron chi connectivity index (χ3n) is 4.49. The molecular weight excluding hydrogens is 200 g/mol. The average Bonchev–Trinajstić information content (AvgIpc) is 2.82. The summed E-state index contributed by atoms with van der Waals surface area (Å²) in [6.45, 7) is 6.23. The van der Waals surface area contributed by atoms with Crippen LogP contribution in [0.3, 0.4) is 0 Å². The van der Waals surface area contributed by atoms with E-state index in [-0.39, 0.29) is 0 Å². The molecule has 88 valence electrons. The van der Waals surface area contributed by atoms with Crippen molar-refractivity contribution < 1.29 is 9.52 Å². The molecule has 0 saturated heterocycles. The second kappa shape index (κ2) is 3.13. The maximum Gasteiger partial charge on any atom is 0.113 e. The van der Waals surface area contributed by atoms with E-state index in [1.54, 1.807) is 0 Å². The standard InChI is InChI=1S/C14H20O2/c1-8(2)12-7-11-13(16-12)9-4-5-10(6-9)14(11,3)15/h7-10,15H,4-6H2,1-3H3. The summed E-state index contributed by atoms with van der Waals surface area (Å²) in [7, 11) is 0. The van der Waals surface area contributed by atoms with Crippen molar-refractivity contribution in [3.05, 3.63) is 23.2 Å². The molecule has 3 unspecified atom stereocenters. The summed E-state index contributed by atoms with van der Waals surface area (Å²) in [5.41, 5.74) is 0.397. The zero-order valence-corrected chi connectivity index (χ0v) is 10.3. The third-order valence-corrected chi connectivity index (χ3v) is 4.49. The fourth-order valence-corrected chi connectivity index (χ4v) is 3.36. The summed E-state index contributed by atoms with van der Waals surface area (Å²) in [5.74, 6) is 3.50.